The van der Waals surface area contributed by atoms with Crippen molar-refractivity contribution in [2.75, 3.05) is 5.32 Å². The topological polar surface area (TPSA) is 78.4 Å². The van der Waals surface area contributed by atoms with E-state index in [1.54, 1.807) is 13.8 Å². The smallest absolute Gasteiger partial charge is 0.326 e. The molecule has 2 amide bonds. The summed E-state index contributed by atoms with van der Waals surface area (Å²) in [4.78, 5) is 22.7. The van der Waals surface area contributed by atoms with Crippen LogP contribution in [0.4, 0.5) is 19.3 Å². The number of aliphatic carboxylic acids is 1. The van der Waals surface area contributed by atoms with Crippen LogP contribution in [0.15, 0.2) is 18.2 Å². The van der Waals surface area contributed by atoms with Crippen LogP contribution < -0.4 is 10.6 Å². The summed E-state index contributed by atoms with van der Waals surface area (Å²) in [5.41, 5.74) is -0.0895. The van der Waals surface area contributed by atoms with Gasteiger partial charge in [0.1, 0.15) is 17.7 Å². The molecule has 1 rings (SSSR count). The lowest BCUT2D eigenvalue weighted by Crippen LogP contribution is -2.46. The molecule has 0 bridgehead atoms. The summed E-state index contributed by atoms with van der Waals surface area (Å²) >= 11 is 0. The monoisotopic (exact) mass is 286 g/mol. The molecule has 2 atom stereocenters. The van der Waals surface area contributed by atoms with Gasteiger partial charge in [-0.15, -0.1) is 0 Å². The van der Waals surface area contributed by atoms with Crippen molar-refractivity contribution < 1.29 is 23.5 Å². The minimum Gasteiger partial charge on any atom is -0.480 e. The molecule has 110 valence electrons. The van der Waals surface area contributed by atoms with E-state index in [-0.39, 0.29) is 11.6 Å². The molecule has 0 radical (unpaired) electrons. The number of carbonyl (C=O) groups is 2. The molecular weight excluding hydrogens is 270 g/mol. The molecule has 20 heavy (non-hydrogen) atoms. The first-order valence-corrected chi connectivity index (χ1v) is 6.10. The highest BCUT2D eigenvalue weighted by Gasteiger charge is 2.25. The molecule has 1 aromatic rings. The fraction of sp³-hybridized carbons (Fsp3) is 0.385. The molecular formula is C13H16F2N2O3. The zero-order valence-electron chi connectivity index (χ0n) is 11.1. The van der Waals surface area contributed by atoms with Crippen molar-refractivity contribution in [2.45, 2.75) is 26.3 Å². The largest absolute Gasteiger partial charge is 0.480 e. The molecule has 0 saturated heterocycles. The van der Waals surface area contributed by atoms with Crippen molar-refractivity contribution in [3.05, 3.63) is 29.8 Å². The Balaban J connectivity index is 2.73. The normalized spacial score (nSPS) is 13.4. The van der Waals surface area contributed by atoms with Crippen LogP contribution in [0.5, 0.6) is 0 Å². The molecule has 1 aromatic carbocycles. The number of nitrogens with one attached hydrogen (secondary N) is 2. The van der Waals surface area contributed by atoms with Crippen LogP contribution >= 0.6 is 0 Å². The molecule has 0 spiro atoms. The lowest BCUT2D eigenvalue weighted by molar-refractivity contribution is -0.140. The Bertz CT molecular complexity index is 488. The Kier molecular flexibility index (Phi) is 5.42. The van der Waals surface area contributed by atoms with Gasteiger partial charge in [0.2, 0.25) is 0 Å². The van der Waals surface area contributed by atoms with Gasteiger partial charge in [-0.25, -0.2) is 18.4 Å². The highest BCUT2D eigenvalue weighted by molar-refractivity contribution is 5.92. The molecule has 0 aliphatic heterocycles. The maximum absolute atomic E-state index is 12.9. The molecule has 0 aliphatic carbocycles. The van der Waals surface area contributed by atoms with Gasteiger partial charge in [0, 0.05) is 11.8 Å². The summed E-state index contributed by atoms with van der Waals surface area (Å²) in [6.45, 7) is 3.48. The zero-order chi connectivity index (χ0) is 15.3. The van der Waals surface area contributed by atoms with Crippen molar-refractivity contribution in [2.24, 2.45) is 5.92 Å². The van der Waals surface area contributed by atoms with E-state index in [2.05, 4.69) is 10.6 Å². The maximum atomic E-state index is 12.9. The Morgan fingerprint density at radius 1 is 1.25 bits per heavy atom. The van der Waals surface area contributed by atoms with Crippen LogP contribution in [0.25, 0.3) is 0 Å². The van der Waals surface area contributed by atoms with Crippen molar-refractivity contribution in [3.63, 3.8) is 0 Å². The third kappa shape index (κ3) is 4.49. The summed E-state index contributed by atoms with van der Waals surface area (Å²) in [5.74, 6) is -3.11. The Hall–Kier alpha value is -2.18. The van der Waals surface area contributed by atoms with Crippen molar-refractivity contribution in [1.29, 1.82) is 0 Å². The van der Waals surface area contributed by atoms with Gasteiger partial charge in [0.15, 0.2) is 0 Å². The second-order valence-electron chi connectivity index (χ2n) is 4.46. The number of carbonyl (C=O) groups excluding carboxylic acids is 1. The standard InChI is InChI=1S/C13H16F2N2O3/c1-3-7(2)11(12(18)19)17-13(20)16-10-5-8(14)4-9(15)6-10/h4-7,11H,3H2,1-2H3,(H,18,19)(H2,16,17,20)/t7?,11-/m0/s1. The Morgan fingerprint density at radius 3 is 2.25 bits per heavy atom. The number of halogens is 2. The zero-order valence-corrected chi connectivity index (χ0v) is 11.1. The number of anilines is 1. The lowest BCUT2D eigenvalue weighted by Gasteiger charge is -2.20. The summed E-state index contributed by atoms with van der Waals surface area (Å²) in [6.07, 6.45) is 0.561. The van der Waals surface area contributed by atoms with Gasteiger partial charge in [-0.2, -0.15) is 0 Å². The van der Waals surface area contributed by atoms with Crippen LogP contribution in [-0.4, -0.2) is 23.1 Å². The van der Waals surface area contributed by atoms with Gasteiger partial charge >= 0.3 is 12.0 Å². The van der Waals surface area contributed by atoms with Crippen LogP contribution in [0.1, 0.15) is 20.3 Å². The number of hydrogen-bond acceptors (Lipinski definition) is 2. The number of rotatable bonds is 5. The van der Waals surface area contributed by atoms with Gasteiger partial charge in [0.25, 0.3) is 0 Å². The van der Waals surface area contributed by atoms with Crippen molar-refractivity contribution in [1.82, 2.24) is 5.32 Å². The van der Waals surface area contributed by atoms with Crippen LogP contribution in [-0.2, 0) is 4.79 Å². The van der Waals surface area contributed by atoms with E-state index in [1.807, 2.05) is 0 Å². The summed E-state index contributed by atoms with van der Waals surface area (Å²) < 4.78 is 25.9. The summed E-state index contributed by atoms with van der Waals surface area (Å²) in [7, 11) is 0. The predicted molar refractivity (Wildman–Crippen MR) is 69.4 cm³/mol. The number of benzene rings is 1. The maximum Gasteiger partial charge on any atom is 0.326 e. The van der Waals surface area contributed by atoms with E-state index in [0.717, 1.165) is 12.1 Å². The third-order valence-electron chi connectivity index (χ3n) is 2.89. The first-order valence-electron chi connectivity index (χ1n) is 6.10. The number of carboxylic acid groups (broad SMARTS) is 1. The number of amides is 2. The second kappa shape index (κ2) is 6.83. The average molecular weight is 286 g/mol. The van der Waals surface area contributed by atoms with Crippen LogP contribution in [0.2, 0.25) is 0 Å². The quantitative estimate of drug-likeness (QED) is 0.778. The number of carboxylic acids is 1. The molecule has 0 fully saturated rings. The molecule has 7 heteroatoms. The van der Waals surface area contributed by atoms with E-state index in [9.17, 15) is 18.4 Å². The SMILES string of the molecule is CCC(C)[C@H](NC(=O)Nc1cc(F)cc(F)c1)C(=O)O. The van der Waals surface area contributed by atoms with Gasteiger partial charge < -0.3 is 15.7 Å². The summed E-state index contributed by atoms with van der Waals surface area (Å²) in [6, 6.07) is 0.632. The molecule has 3 N–H and O–H groups in total. The highest BCUT2D eigenvalue weighted by atomic mass is 19.1. The Labute approximate surface area is 115 Å². The number of urea groups is 1. The van der Waals surface area contributed by atoms with Gasteiger partial charge in [-0.1, -0.05) is 20.3 Å². The molecule has 1 unspecified atom stereocenters. The first kappa shape index (κ1) is 15.9. The van der Waals surface area contributed by atoms with Crippen molar-refractivity contribution in [3.8, 4) is 0 Å². The minimum absolute atomic E-state index is 0.0895. The van der Waals surface area contributed by atoms with Crippen molar-refractivity contribution >= 4 is 17.7 Å². The molecule has 5 nitrogen and oxygen atoms in total. The fourth-order valence-corrected chi connectivity index (χ4v) is 1.62. The highest BCUT2D eigenvalue weighted by Crippen LogP contribution is 2.13. The van der Waals surface area contributed by atoms with Gasteiger partial charge in [0.05, 0.1) is 0 Å². The molecule has 0 aromatic heterocycles. The minimum atomic E-state index is -1.17. The summed E-state index contributed by atoms with van der Waals surface area (Å²) in [5, 5.41) is 13.5. The van der Waals surface area contributed by atoms with Crippen LogP contribution in [0, 0.1) is 17.6 Å². The van der Waals surface area contributed by atoms with E-state index in [1.165, 1.54) is 0 Å². The second-order valence-corrected chi connectivity index (χ2v) is 4.46. The molecule has 0 saturated carbocycles. The molecule has 0 heterocycles. The first-order chi connectivity index (χ1) is 9.33. The van der Waals surface area contributed by atoms with E-state index < -0.39 is 29.7 Å². The Morgan fingerprint density at radius 2 is 1.80 bits per heavy atom. The van der Waals surface area contributed by atoms with Gasteiger partial charge in [-0.05, 0) is 18.1 Å². The third-order valence-corrected chi connectivity index (χ3v) is 2.89. The van der Waals surface area contributed by atoms with Gasteiger partial charge in [-0.3, -0.25) is 0 Å². The van der Waals surface area contributed by atoms with Crippen LogP contribution in [0.3, 0.4) is 0 Å². The molecule has 0 aliphatic rings. The van der Waals surface area contributed by atoms with E-state index in [0.29, 0.717) is 12.5 Å². The van der Waals surface area contributed by atoms with E-state index in [4.69, 9.17) is 5.11 Å². The lowest BCUT2D eigenvalue weighted by atomic mass is 9.99. The number of hydrogen-bond donors (Lipinski definition) is 3. The van der Waals surface area contributed by atoms with E-state index >= 15 is 0 Å². The average Bonchev–Trinajstić information content (AvgIpc) is 2.33. The fourth-order valence-electron chi connectivity index (χ4n) is 1.62. The predicted octanol–water partition coefficient (Wildman–Crippen LogP) is 2.59.